The van der Waals surface area contributed by atoms with E-state index >= 15 is 0 Å². The van der Waals surface area contributed by atoms with Gasteiger partial charge in [0, 0.05) is 0 Å². The first-order chi connectivity index (χ1) is 13.1. The Balaban J connectivity index is 2.26. The molecule has 1 aromatic carbocycles. The van der Waals surface area contributed by atoms with Crippen molar-refractivity contribution in [2.75, 3.05) is 5.75 Å². The van der Waals surface area contributed by atoms with Crippen LogP contribution in [0.25, 0.3) is 5.69 Å². The van der Waals surface area contributed by atoms with Crippen LogP contribution < -0.4 is 0 Å². The van der Waals surface area contributed by atoms with Gasteiger partial charge in [-0.2, -0.15) is 4.68 Å². The van der Waals surface area contributed by atoms with E-state index in [4.69, 9.17) is 4.43 Å². The second kappa shape index (κ2) is 8.83. The molecule has 0 spiro atoms. The van der Waals surface area contributed by atoms with Crippen LogP contribution in [0, 0.1) is 5.92 Å². The Labute approximate surface area is 169 Å². The van der Waals surface area contributed by atoms with Gasteiger partial charge >= 0.3 is 0 Å². The summed E-state index contributed by atoms with van der Waals surface area (Å²) >= 11 is 0. The van der Waals surface area contributed by atoms with Crippen LogP contribution >= 0.6 is 0 Å². The number of tetrazole rings is 1. The number of para-hydroxylation sites is 1. The molecule has 0 saturated heterocycles. The summed E-state index contributed by atoms with van der Waals surface area (Å²) in [5.74, 6) is -0.288. The number of hydrogen-bond acceptors (Lipinski definition) is 6. The molecular weight excluding hydrogens is 392 g/mol. The van der Waals surface area contributed by atoms with Gasteiger partial charge < -0.3 is 4.43 Å². The zero-order valence-corrected chi connectivity index (χ0v) is 19.5. The van der Waals surface area contributed by atoms with Crippen molar-refractivity contribution in [2.24, 2.45) is 5.92 Å². The zero-order valence-electron chi connectivity index (χ0n) is 17.7. The maximum absolute atomic E-state index is 13.1. The first-order valence-corrected chi connectivity index (χ1v) is 14.1. The molecule has 7 nitrogen and oxygen atoms in total. The summed E-state index contributed by atoms with van der Waals surface area (Å²) in [7, 11) is -5.55. The summed E-state index contributed by atoms with van der Waals surface area (Å²) in [5, 5.41) is 11.1. The average molecular weight is 425 g/mol. The quantitative estimate of drug-likeness (QED) is 0.538. The molecule has 156 valence electrons. The number of sulfone groups is 1. The lowest BCUT2D eigenvalue weighted by Gasteiger charge is -2.41. The summed E-state index contributed by atoms with van der Waals surface area (Å²) in [6.45, 7) is 12.4. The third-order valence-corrected chi connectivity index (χ3v) is 12.4. The van der Waals surface area contributed by atoms with Crippen molar-refractivity contribution >= 4 is 18.2 Å². The van der Waals surface area contributed by atoms with Crippen molar-refractivity contribution in [2.45, 2.75) is 70.4 Å². The van der Waals surface area contributed by atoms with Gasteiger partial charge in [-0.15, -0.1) is 0 Å². The summed E-state index contributed by atoms with van der Waals surface area (Å²) in [6, 6.07) is 12.1. The first kappa shape index (κ1) is 22.7. The molecule has 0 fully saturated rings. The van der Waals surface area contributed by atoms with Crippen LogP contribution in [-0.2, 0) is 14.3 Å². The molecule has 0 bridgehead atoms. The minimum absolute atomic E-state index is 0.0746. The van der Waals surface area contributed by atoms with Crippen molar-refractivity contribution in [3.63, 3.8) is 0 Å². The van der Waals surface area contributed by atoms with Crippen molar-refractivity contribution in [1.29, 1.82) is 0 Å². The molecule has 0 aliphatic heterocycles. The van der Waals surface area contributed by atoms with E-state index in [9.17, 15) is 8.42 Å². The largest absolute Gasteiger partial charge is 0.412 e. The first-order valence-electron chi connectivity index (χ1n) is 9.87. The molecule has 28 heavy (non-hydrogen) atoms. The van der Waals surface area contributed by atoms with E-state index < -0.39 is 23.8 Å². The zero-order chi connectivity index (χ0) is 21.0. The standard InChI is InChI=1S/C19H32N4O3SSi/c1-7-28(8-2,9-3)26-19(5,6)16(4)15-27(24,25)18-20-21-22-23(18)17-13-11-10-12-14-17/h10-14,16H,7-9,15H2,1-6H3. The van der Waals surface area contributed by atoms with Crippen LogP contribution in [0.15, 0.2) is 35.5 Å². The van der Waals surface area contributed by atoms with Crippen LogP contribution in [0.3, 0.4) is 0 Å². The van der Waals surface area contributed by atoms with Crippen LogP contribution in [0.5, 0.6) is 0 Å². The molecule has 0 radical (unpaired) electrons. The van der Waals surface area contributed by atoms with Gasteiger partial charge in [0.2, 0.25) is 9.84 Å². The predicted octanol–water partition coefficient (Wildman–Crippen LogP) is 3.87. The van der Waals surface area contributed by atoms with E-state index in [1.807, 2.05) is 39.0 Å². The molecular formula is C19H32N4O3SSi. The number of hydrogen-bond donors (Lipinski definition) is 0. The van der Waals surface area contributed by atoms with Gasteiger partial charge in [-0.1, -0.05) is 51.0 Å². The number of rotatable bonds is 10. The fraction of sp³-hybridized carbons (Fsp3) is 0.632. The highest BCUT2D eigenvalue weighted by molar-refractivity contribution is 7.91. The highest BCUT2D eigenvalue weighted by Crippen LogP contribution is 2.33. The molecule has 9 heteroatoms. The van der Waals surface area contributed by atoms with E-state index in [-0.39, 0.29) is 16.8 Å². The lowest BCUT2D eigenvalue weighted by atomic mass is 9.95. The number of aromatic nitrogens is 4. The van der Waals surface area contributed by atoms with E-state index in [2.05, 4.69) is 36.3 Å². The molecule has 0 aliphatic carbocycles. The second-order valence-electron chi connectivity index (χ2n) is 7.84. The molecule has 2 rings (SSSR count). The van der Waals surface area contributed by atoms with Gasteiger partial charge in [0.15, 0.2) is 8.32 Å². The van der Waals surface area contributed by atoms with Crippen LogP contribution in [-0.4, -0.2) is 48.3 Å². The SMILES string of the molecule is CC[Si](CC)(CC)OC(C)(C)C(C)CS(=O)(=O)c1nnnn1-c1ccccc1. The molecule has 0 N–H and O–H groups in total. The highest BCUT2D eigenvalue weighted by Gasteiger charge is 2.40. The molecule has 1 heterocycles. The summed E-state index contributed by atoms with van der Waals surface area (Å²) < 4.78 is 34.1. The average Bonchev–Trinajstić information content (AvgIpc) is 3.17. The van der Waals surface area contributed by atoms with Gasteiger partial charge in [-0.25, -0.2) is 8.42 Å². The van der Waals surface area contributed by atoms with Crippen LogP contribution in [0.2, 0.25) is 18.1 Å². The molecule has 2 aromatic rings. The molecule has 0 amide bonds. The summed E-state index contributed by atoms with van der Waals surface area (Å²) in [4.78, 5) is 0. The topological polar surface area (TPSA) is 87.0 Å². The monoisotopic (exact) mass is 424 g/mol. The molecule has 1 unspecified atom stereocenters. The Hall–Kier alpha value is -1.58. The maximum atomic E-state index is 13.1. The fourth-order valence-corrected chi connectivity index (χ4v) is 8.36. The highest BCUT2D eigenvalue weighted by atomic mass is 32.2. The van der Waals surface area contributed by atoms with E-state index in [0.717, 1.165) is 18.1 Å². The predicted molar refractivity (Wildman–Crippen MR) is 113 cm³/mol. The van der Waals surface area contributed by atoms with E-state index in [1.165, 1.54) is 4.68 Å². The fourth-order valence-electron chi connectivity index (χ4n) is 3.33. The Morgan fingerprint density at radius 2 is 1.68 bits per heavy atom. The van der Waals surface area contributed by atoms with Crippen LogP contribution in [0.1, 0.15) is 41.5 Å². The molecule has 1 atom stereocenters. The smallest absolute Gasteiger partial charge is 0.272 e. The minimum atomic E-state index is -3.69. The molecule has 0 aliphatic rings. The van der Waals surface area contributed by atoms with Crippen molar-refractivity contribution in [3.8, 4) is 5.69 Å². The van der Waals surface area contributed by atoms with Crippen molar-refractivity contribution in [1.82, 2.24) is 20.2 Å². The molecule has 1 aromatic heterocycles. The van der Waals surface area contributed by atoms with Gasteiger partial charge in [0.25, 0.3) is 5.16 Å². The number of nitrogens with zero attached hydrogens (tertiary/aromatic N) is 4. The maximum Gasteiger partial charge on any atom is 0.272 e. The second-order valence-corrected chi connectivity index (χ2v) is 14.5. The lowest BCUT2D eigenvalue weighted by molar-refractivity contribution is 0.0487. The Morgan fingerprint density at radius 1 is 1.11 bits per heavy atom. The van der Waals surface area contributed by atoms with Crippen molar-refractivity contribution in [3.05, 3.63) is 30.3 Å². The van der Waals surface area contributed by atoms with Gasteiger partial charge in [0.1, 0.15) is 0 Å². The van der Waals surface area contributed by atoms with Crippen LogP contribution in [0.4, 0.5) is 0 Å². The summed E-state index contributed by atoms with van der Waals surface area (Å²) in [6.07, 6.45) is 0. The van der Waals surface area contributed by atoms with E-state index in [0.29, 0.717) is 5.69 Å². The van der Waals surface area contributed by atoms with Crippen molar-refractivity contribution < 1.29 is 12.8 Å². The summed E-state index contributed by atoms with van der Waals surface area (Å²) in [5.41, 5.74) is 0.0652. The van der Waals surface area contributed by atoms with Gasteiger partial charge in [-0.3, -0.25) is 0 Å². The Morgan fingerprint density at radius 3 is 2.21 bits per heavy atom. The third kappa shape index (κ3) is 4.87. The van der Waals surface area contributed by atoms with Gasteiger partial charge in [0.05, 0.1) is 17.0 Å². The van der Waals surface area contributed by atoms with E-state index in [1.54, 1.807) is 12.1 Å². The normalized spacial score (nSPS) is 14.2. The van der Waals surface area contributed by atoms with Gasteiger partial charge in [-0.05, 0) is 60.5 Å². The third-order valence-electron chi connectivity index (χ3n) is 5.79. The number of benzene rings is 1. The molecule has 0 saturated carbocycles. The minimum Gasteiger partial charge on any atom is -0.412 e. The Kier molecular flexibility index (Phi) is 7.16. The lowest BCUT2D eigenvalue weighted by Crippen LogP contribution is -2.48. The Bertz CT molecular complexity index is 856.